The molecule has 0 spiro atoms. The van der Waals surface area contributed by atoms with E-state index in [2.05, 4.69) is 10.3 Å². The largest absolute Gasteiger partial charge is 0.350 e. The number of hydrogen-bond acceptors (Lipinski definition) is 4. The molecule has 0 aliphatic carbocycles. The van der Waals surface area contributed by atoms with E-state index < -0.39 is 10.0 Å². The summed E-state index contributed by atoms with van der Waals surface area (Å²) in [7, 11) is -3.62. The molecule has 1 amide bonds. The monoisotopic (exact) mass is 426 g/mol. The molecule has 8 heteroatoms. The van der Waals surface area contributed by atoms with Gasteiger partial charge < -0.3 is 9.88 Å². The Morgan fingerprint density at radius 1 is 1.13 bits per heavy atom. The molecule has 0 saturated heterocycles. The van der Waals surface area contributed by atoms with Gasteiger partial charge in [0.05, 0.1) is 17.6 Å². The van der Waals surface area contributed by atoms with Gasteiger partial charge in [-0.15, -0.1) is 0 Å². The van der Waals surface area contributed by atoms with E-state index in [1.807, 2.05) is 67.9 Å². The number of nitrogens with zero attached hydrogens (tertiary/aromatic N) is 3. The van der Waals surface area contributed by atoms with Crippen LogP contribution in [0.1, 0.15) is 22.5 Å². The van der Waals surface area contributed by atoms with Gasteiger partial charge in [0.1, 0.15) is 12.4 Å². The zero-order chi connectivity index (χ0) is 21.9. The highest BCUT2D eigenvalue weighted by Gasteiger charge is 2.22. The fourth-order valence-electron chi connectivity index (χ4n) is 3.28. The van der Waals surface area contributed by atoms with Gasteiger partial charge in [-0.3, -0.25) is 9.10 Å². The van der Waals surface area contributed by atoms with E-state index in [9.17, 15) is 13.2 Å². The summed E-state index contributed by atoms with van der Waals surface area (Å²) in [6, 6.07) is 13.2. The minimum Gasteiger partial charge on any atom is -0.350 e. The van der Waals surface area contributed by atoms with Crippen molar-refractivity contribution in [3.8, 4) is 5.69 Å². The van der Waals surface area contributed by atoms with Crippen LogP contribution in [0, 0.1) is 20.8 Å². The van der Waals surface area contributed by atoms with Crippen molar-refractivity contribution in [1.29, 1.82) is 0 Å². The van der Waals surface area contributed by atoms with Crippen molar-refractivity contribution in [3.63, 3.8) is 0 Å². The Morgan fingerprint density at radius 3 is 2.53 bits per heavy atom. The number of rotatable bonds is 7. The first-order valence-corrected chi connectivity index (χ1v) is 11.4. The topological polar surface area (TPSA) is 84.3 Å². The van der Waals surface area contributed by atoms with Gasteiger partial charge in [-0.1, -0.05) is 30.3 Å². The summed E-state index contributed by atoms with van der Waals surface area (Å²) in [6.07, 6.45) is 4.69. The van der Waals surface area contributed by atoms with E-state index in [4.69, 9.17) is 0 Å². The SMILES string of the molecule is Cc1ccc(C)c(N(CC(=O)NCc2ccccc2-n2ccnc2C)S(C)(=O)=O)c1. The molecule has 0 radical (unpaired) electrons. The van der Waals surface area contributed by atoms with Crippen molar-refractivity contribution in [2.45, 2.75) is 27.3 Å². The van der Waals surface area contributed by atoms with E-state index >= 15 is 0 Å². The van der Waals surface area contributed by atoms with Gasteiger partial charge in [-0.2, -0.15) is 0 Å². The van der Waals surface area contributed by atoms with Gasteiger partial charge in [0.15, 0.2) is 0 Å². The molecule has 0 fully saturated rings. The number of sulfonamides is 1. The molecule has 158 valence electrons. The molecule has 30 heavy (non-hydrogen) atoms. The van der Waals surface area contributed by atoms with Crippen molar-refractivity contribution in [3.05, 3.63) is 77.4 Å². The zero-order valence-corrected chi connectivity index (χ0v) is 18.4. The second-order valence-corrected chi connectivity index (χ2v) is 9.22. The van der Waals surface area contributed by atoms with E-state index in [-0.39, 0.29) is 19.0 Å². The number of nitrogens with one attached hydrogen (secondary N) is 1. The van der Waals surface area contributed by atoms with Gasteiger partial charge in [-0.25, -0.2) is 13.4 Å². The molecule has 1 aromatic heterocycles. The Bertz CT molecular complexity index is 1170. The Morgan fingerprint density at radius 2 is 1.87 bits per heavy atom. The van der Waals surface area contributed by atoms with Crippen LogP contribution in [0.4, 0.5) is 5.69 Å². The van der Waals surface area contributed by atoms with Crippen LogP contribution in [0.5, 0.6) is 0 Å². The number of aromatic nitrogens is 2. The molecule has 0 aliphatic rings. The number of benzene rings is 2. The predicted molar refractivity (Wildman–Crippen MR) is 118 cm³/mol. The Labute approximate surface area is 177 Å². The predicted octanol–water partition coefficient (Wildman–Crippen LogP) is 2.88. The van der Waals surface area contributed by atoms with Crippen molar-refractivity contribution in [2.75, 3.05) is 17.1 Å². The van der Waals surface area contributed by atoms with Crippen molar-refractivity contribution >= 4 is 21.6 Å². The summed E-state index contributed by atoms with van der Waals surface area (Å²) in [4.78, 5) is 16.9. The molecule has 7 nitrogen and oxygen atoms in total. The Kier molecular flexibility index (Phi) is 6.26. The molecule has 2 aromatic carbocycles. The third-order valence-corrected chi connectivity index (χ3v) is 6.00. The molecular weight excluding hydrogens is 400 g/mol. The number of hydrogen-bond donors (Lipinski definition) is 1. The number of carbonyl (C=O) groups excluding carboxylic acids is 1. The first-order chi connectivity index (χ1) is 14.2. The van der Waals surface area contributed by atoms with Crippen LogP contribution in [0.25, 0.3) is 5.69 Å². The first-order valence-electron chi connectivity index (χ1n) is 9.56. The number of anilines is 1. The van der Waals surface area contributed by atoms with E-state index in [0.717, 1.165) is 38.8 Å². The van der Waals surface area contributed by atoms with Crippen LogP contribution < -0.4 is 9.62 Å². The zero-order valence-electron chi connectivity index (χ0n) is 17.6. The van der Waals surface area contributed by atoms with Crippen LogP contribution in [0.2, 0.25) is 0 Å². The van der Waals surface area contributed by atoms with Crippen LogP contribution in [0.3, 0.4) is 0 Å². The minimum absolute atomic E-state index is 0.275. The second kappa shape index (κ2) is 8.71. The van der Waals surface area contributed by atoms with E-state index in [0.29, 0.717) is 5.69 Å². The highest BCUT2D eigenvalue weighted by Crippen LogP contribution is 2.24. The van der Waals surface area contributed by atoms with Crippen LogP contribution in [-0.4, -0.2) is 36.7 Å². The summed E-state index contributed by atoms with van der Waals surface area (Å²) < 4.78 is 27.9. The molecule has 0 unspecified atom stereocenters. The summed E-state index contributed by atoms with van der Waals surface area (Å²) in [5, 5.41) is 2.85. The molecule has 3 rings (SSSR count). The molecule has 1 heterocycles. The maximum absolute atomic E-state index is 12.7. The van der Waals surface area contributed by atoms with E-state index in [1.165, 1.54) is 0 Å². The van der Waals surface area contributed by atoms with Gasteiger partial charge in [-0.05, 0) is 49.6 Å². The van der Waals surface area contributed by atoms with Crippen LogP contribution in [-0.2, 0) is 21.4 Å². The summed E-state index contributed by atoms with van der Waals surface area (Å²) >= 11 is 0. The highest BCUT2D eigenvalue weighted by molar-refractivity contribution is 7.92. The minimum atomic E-state index is -3.62. The lowest BCUT2D eigenvalue weighted by Crippen LogP contribution is -2.40. The normalized spacial score (nSPS) is 11.3. The summed E-state index contributed by atoms with van der Waals surface area (Å²) in [5.41, 5.74) is 4.06. The summed E-state index contributed by atoms with van der Waals surface area (Å²) in [6.45, 7) is 5.61. The lowest BCUT2D eigenvalue weighted by Gasteiger charge is -2.24. The smallest absolute Gasteiger partial charge is 0.241 e. The van der Waals surface area contributed by atoms with E-state index in [1.54, 1.807) is 12.3 Å². The lowest BCUT2D eigenvalue weighted by atomic mass is 10.1. The fourth-order valence-corrected chi connectivity index (χ4v) is 4.18. The van der Waals surface area contributed by atoms with Crippen molar-refractivity contribution < 1.29 is 13.2 Å². The Hall–Kier alpha value is -3.13. The molecule has 0 bridgehead atoms. The lowest BCUT2D eigenvalue weighted by molar-refractivity contribution is -0.119. The quantitative estimate of drug-likeness (QED) is 0.630. The highest BCUT2D eigenvalue weighted by atomic mass is 32.2. The molecular formula is C22H26N4O3S. The second-order valence-electron chi connectivity index (χ2n) is 7.31. The maximum atomic E-state index is 12.7. The standard InChI is InChI=1S/C22H26N4O3S/c1-16-9-10-17(2)21(13-16)26(30(4,28)29)15-22(27)24-14-19-7-5-6-8-20(19)25-12-11-23-18(25)3/h5-13H,14-15H2,1-4H3,(H,24,27). The third kappa shape index (κ3) is 4.88. The van der Waals surface area contributed by atoms with Gasteiger partial charge in [0, 0.05) is 18.9 Å². The van der Waals surface area contributed by atoms with Crippen LogP contribution in [0.15, 0.2) is 54.9 Å². The third-order valence-electron chi connectivity index (χ3n) is 4.87. The Balaban J connectivity index is 1.78. The molecule has 0 aliphatic heterocycles. The first kappa shape index (κ1) is 21.6. The number of aryl methyl sites for hydroxylation is 3. The fraction of sp³-hybridized carbons (Fsp3) is 0.273. The molecule has 0 saturated carbocycles. The van der Waals surface area contributed by atoms with Gasteiger partial charge in [0.25, 0.3) is 0 Å². The molecule has 0 atom stereocenters. The van der Waals surface area contributed by atoms with Gasteiger partial charge >= 0.3 is 0 Å². The number of imidazole rings is 1. The number of carbonyl (C=O) groups is 1. The van der Waals surface area contributed by atoms with Crippen molar-refractivity contribution in [1.82, 2.24) is 14.9 Å². The van der Waals surface area contributed by atoms with Crippen molar-refractivity contribution in [2.24, 2.45) is 0 Å². The summed E-state index contributed by atoms with van der Waals surface area (Å²) in [5.74, 6) is 0.463. The average molecular weight is 427 g/mol. The number of para-hydroxylation sites is 1. The molecule has 3 aromatic rings. The maximum Gasteiger partial charge on any atom is 0.241 e. The van der Waals surface area contributed by atoms with Gasteiger partial charge in [0.2, 0.25) is 15.9 Å². The number of amides is 1. The van der Waals surface area contributed by atoms with Crippen LogP contribution >= 0.6 is 0 Å². The molecule has 1 N–H and O–H groups in total. The average Bonchev–Trinajstić information content (AvgIpc) is 3.11.